The molecule has 0 aliphatic heterocycles. The van der Waals surface area contributed by atoms with Crippen LogP contribution in [0.3, 0.4) is 0 Å². The summed E-state index contributed by atoms with van der Waals surface area (Å²) < 4.78 is 10.2. The van der Waals surface area contributed by atoms with Gasteiger partial charge >= 0.3 is 0 Å². The third-order valence-corrected chi connectivity index (χ3v) is 1.58. The summed E-state index contributed by atoms with van der Waals surface area (Å²) >= 11 is 0. The van der Waals surface area contributed by atoms with Crippen LogP contribution in [0.5, 0.6) is 0 Å². The maximum Gasteiger partial charge on any atom is 0.151 e. The molecule has 3 heteroatoms. The van der Waals surface area contributed by atoms with Gasteiger partial charge in [0.25, 0.3) is 0 Å². The Labute approximate surface area is 81.0 Å². The van der Waals surface area contributed by atoms with Crippen molar-refractivity contribution in [2.24, 2.45) is 5.41 Å². The van der Waals surface area contributed by atoms with Gasteiger partial charge in [0, 0.05) is 6.61 Å². The Balaban J connectivity index is 3.09. The molecule has 0 amide bonds. The summed E-state index contributed by atoms with van der Waals surface area (Å²) in [4.78, 5) is 0. The summed E-state index contributed by atoms with van der Waals surface area (Å²) in [5.41, 5.74) is 0.325. The largest absolute Gasteiger partial charge is 0.379 e. The lowest BCUT2D eigenvalue weighted by atomic mass is 9.93. The predicted octanol–water partition coefficient (Wildman–Crippen LogP) is 1.79. The average Bonchev–Trinajstić information content (AvgIpc) is 1.93. The number of ether oxygens (including phenoxy) is 2. The molecule has 0 radical (unpaired) electrons. The van der Waals surface area contributed by atoms with Crippen LogP contribution in [0, 0.1) is 5.41 Å². The summed E-state index contributed by atoms with van der Waals surface area (Å²) in [5, 5.41) is 8.76. The van der Waals surface area contributed by atoms with Crippen molar-refractivity contribution >= 4 is 0 Å². The number of hydrogen-bond donors (Lipinski definition) is 1. The maximum atomic E-state index is 8.76. The first-order valence-electron chi connectivity index (χ1n) is 4.79. The van der Waals surface area contributed by atoms with E-state index in [4.69, 9.17) is 14.6 Å². The second-order valence-electron chi connectivity index (χ2n) is 4.39. The lowest BCUT2D eigenvalue weighted by molar-refractivity contribution is -0.100. The van der Waals surface area contributed by atoms with E-state index in [0.29, 0.717) is 18.6 Å². The van der Waals surface area contributed by atoms with Crippen molar-refractivity contribution < 1.29 is 14.6 Å². The van der Waals surface area contributed by atoms with Gasteiger partial charge in [0.15, 0.2) is 6.29 Å². The molecular weight excluding hydrogens is 168 g/mol. The van der Waals surface area contributed by atoms with Gasteiger partial charge in [0.2, 0.25) is 0 Å². The molecule has 0 aliphatic carbocycles. The van der Waals surface area contributed by atoms with Gasteiger partial charge in [-0.1, -0.05) is 20.8 Å². The fourth-order valence-corrected chi connectivity index (χ4v) is 0.758. The van der Waals surface area contributed by atoms with Gasteiger partial charge in [-0.15, -0.1) is 0 Å². The molecule has 0 aromatic heterocycles. The number of aliphatic hydroxyl groups excluding tert-OH is 1. The zero-order valence-electron chi connectivity index (χ0n) is 9.17. The molecule has 0 saturated heterocycles. The van der Waals surface area contributed by atoms with Gasteiger partial charge in [-0.05, 0) is 18.8 Å². The van der Waals surface area contributed by atoms with E-state index in [1.807, 2.05) is 0 Å². The molecule has 13 heavy (non-hydrogen) atoms. The molecule has 0 spiro atoms. The highest BCUT2D eigenvalue weighted by Crippen LogP contribution is 2.17. The second kappa shape index (κ2) is 6.35. The van der Waals surface area contributed by atoms with Crippen molar-refractivity contribution in [3.05, 3.63) is 0 Å². The summed E-state index contributed by atoms with van der Waals surface area (Å²) in [6.07, 6.45) is 0.355. The van der Waals surface area contributed by atoms with Crippen LogP contribution in [0.4, 0.5) is 0 Å². The second-order valence-corrected chi connectivity index (χ2v) is 4.39. The van der Waals surface area contributed by atoms with Crippen molar-refractivity contribution in [1.29, 1.82) is 0 Å². The van der Waals surface area contributed by atoms with Crippen LogP contribution in [0.2, 0.25) is 0 Å². The van der Waals surface area contributed by atoms with Gasteiger partial charge in [-0.2, -0.15) is 0 Å². The fraction of sp³-hybridized carbons (Fsp3) is 1.00. The van der Waals surface area contributed by atoms with Gasteiger partial charge in [0.1, 0.15) is 0 Å². The highest BCUT2D eigenvalue weighted by Gasteiger charge is 2.08. The fourth-order valence-electron chi connectivity index (χ4n) is 0.758. The van der Waals surface area contributed by atoms with E-state index in [1.54, 1.807) is 6.92 Å². The quantitative estimate of drug-likeness (QED) is 0.512. The highest BCUT2D eigenvalue weighted by atomic mass is 16.6. The first kappa shape index (κ1) is 12.9. The summed E-state index contributed by atoms with van der Waals surface area (Å²) in [6.45, 7) is 9.92. The number of hydrogen-bond acceptors (Lipinski definition) is 3. The molecule has 0 aromatic carbocycles. The summed E-state index contributed by atoms with van der Waals surface area (Å²) in [7, 11) is 0. The van der Waals surface area contributed by atoms with Crippen LogP contribution >= 0.6 is 0 Å². The third kappa shape index (κ3) is 11.9. The van der Waals surface area contributed by atoms with Crippen molar-refractivity contribution in [1.82, 2.24) is 0 Å². The standard InChI is InChI=1S/C10H22O3/c1-9(11)13-8-7-12-6-5-10(2,3)4/h9,11H,5-8H2,1-4H3. The minimum atomic E-state index is -0.689. The Bertz CT molecular complexity index is 116. The molecular formula is C10H22O3. The first-order chi connectivity index (χ1) is 5.92. The van der Waals surface area contributed by atoms with E-state index in [9.17, 15) is 0 Å². The van der Waals surface area contributed by atoms with E-state index in [-0.39, 0.29) is 0 Å². The third-order valence-electron chi connectivity index (χ3n) is 1.58. The molecule has 1 N–H and O–H groups in total. The molecule has 0 aliphatic rings. The maximum absolute atomic E-state index is 8.76. The van der Waals surface area contributed by atoms with Crippen molar-refractivity contribution in [2.45, 2.75) is 40.4 Å². The van der Waals surface area contributed by atoms with E-state index in [0.717, 1.165) is 13.0 Å². The Morgan fingerprint density at radius 3 is 2.23 bits per heavy atom. The van der Waals surface area contributed by atoms with E-state index >= 15 is 0 Å². The molecule has 0 bridgehead atoms. The minimum Gasteiger partial charge on any atom is -0.379 e. The smallest absolute Gasteiger partial charge is 0.151 e. The van der Waals surface area contributed by atoms with Gasteiger partial charge in [-0.25, -0.2) is 0 Å². The van der Waals surface area contributed by atoms with E-state index in [1.165, 1.54) is 0 Å². The van der Waals surface area contributed by atoms with Crippen LogP contribution in [0.1, 0.15) is 34.1 Å². The van der Waals surface area contributed by atoms with Gasteiger partial charge in [0.05, 0.1) is 13.2 Å². The summed E-state index contributed by atoms with van der Waals surface area (Å²) in [5.74, 6) is 0. The Hall–Kier alpha value is -0.120. The normalized spacial score (nSPS) is 14.5. The van der Waals surface area contributed by atoms with E-state index in [2.05, 4.69) is 20.8 Å². The molecule has 1 atom stereocenters. The van der Waals surface area contributed by atoms with Crippen LogP contribution < -0.4 is 0 Å². The zero-order chi connectivity index (χ0) is 10.3. The van der Waals surface area contributed by atoms with Crippen LogP contribution in [0.15, 0.2) is 0 Å². The van der Waals surface area contributed by atoms with Crippen LogP contribution in [0.25, 0.3) is 0 Å². The lowest BCUT2D eigenvalue weighted by Crippen LogP contribution is -2.14. The van der Waals surface area contributed by atoms with Crippen molar-refractivity contribution in [2.75, 3.05) is 19.8 Å². The predicted molar refractivity (Wildman–Crippen MR) is 52.5 cm³/mol. The van der Waals surface area contributed by atoms with Crippen molar-refractivity contribution in [3.63, 3.8) is 0 Å². The Kier molecular flexibility index (Phi) is 6.29. The van der Waals surface area contributed by atoms with E-state index < -0.39 is 6.29 Å². The molecule has 1 unspecified atom stereocenters. The van der Waals surface area contributed by atoms with Gasteiger partial charge < -0.3 is 14.6 Å². The molecule has 0 saturated carbocycles. The topological polar surface area (TPSA) is 38.7 Å². The monoisotopic (exact) mass is 190 g/mol. The molecule has 0 rings (SSSR count). The van der Waals surface area contributed by atoms with Crippen LogP contribution in [-0.4, -0.2) is 31.2 Å². The molecule has 0 heterocycles. The van der Waals surface area contributed by atoms with Crippen molar-refractivity contribution in [3.8, 4) is 0 Å². The molecule has 0 fully saturated rings. The highest BCUT2D eigenvalue weighted by molar-refractivity contribution is 4.59. The minimum absolute atomic E-state index is 0.325. The lowest BCUT2D eigenvalue weighted by Gasteiger charge is -2.17. The van der Waals surface area contributed by atoms with Crippen LogP contribution in [-0.2, 0) is 9.47 Å². The van der Waals surface area contributed by atoms with Gasteiger partial charge in [-0.3, -0.25) is 0 Å². The molecule has 80 valence electrons. The summed E-state index contributed by atoms with van der Waals surface area (Å²) in [6, 6.07) is 0. The first-order valence-corrected chi connectivity index (χ1v) is 4.79. The number of aliphatic hydroxyl groups is 1. The average molecular weight is 190 g/mol. The molecule has 3 nitrogen and oxygen atoms in total. The Morgan fingerprint density at radius 1 is 1.15 bits per heavy atom. The number of rotatable bonds is 6. The molecule has 0 aromatic rings. The Morgan fingerprint density at radius 2 is 1.77 bits per heavy atom. The zero-order valence-corrected chi connectivity index (χ0v) is 9.17. The SMILES string of the molecule is CC(O)OCCOCCC(C)(C)C.